The molecule has 0 atom stereocenters. The van der Waals surface area contributed by atoms with Gasteiger partial charge in [-0.1, -0.05) is 40.9 Å². The van der Waals surface area contributed by atoms with Crippen molar-refractivity contribution >= 4 is 52.1 Å². The Morgan fingerprint density at radius 1 is 1.20 bits per heavy atom. The first-order valence-corrected chi connectivity index (χ1v) is 8.05. The van der Waals surface area contributed by atoms with E-state index in [2.05, 4.69) is 10.6 Å². The molecule has 0 heterocycles. The number of hydrogen-bond donors (Lipinski definition) is 2. The molecule has 5 nitrogen and oxygen atoms in total. The van der Waals surface area contributed by atoms with Gasteiger partial charge in [0.1, 0.15) is 17.4 Å². The molecule has 0 spiro atoms. The number of halogens is 3. The van der Waals surface area contributed by atoms with Gasteiger partial charge in [-0.2, -0.15) is 5.26 Å². The van der Waals surface area contributed by atoms with Gasteiger partial charge in [-0.05, 0) is 30.3 Å². The lowest BCUT2D eigenvalue weighted by Crippen LogP contribution is -2.14. The Morgan fingerprint density at radius 2 is 1.96 bits per heavy atom. The first-order valence-electron chi connectivity index (χ1n) is 6.92. The molecule has 2 N–H and O–H groups in total. The Morgan fingerprint density at radius 3 is 2.60 bits per heavy atom. The van der Waals surface area contributed by atoms with Gasteiger partial charge in [0.2, 0.25) is 0 Å². The van der Waals surface area contributed by atoms with Crippen molar-refractivity contribution in [2.24, 2.45) is 0 Å². The molecule has 0 aromatic heterocycles. The Bertz CT molecular complexity index is 876. The Kier molecular flexibility index (Phi) is 6.54. The van der Waals surface area contributed by atoms with Crippen molar-refractivity contribution in [2.45, 2.75) is 0 Å². The van der Waals surface area contributed by atoms with Crippen LogP contribution in [-0.2, 0) is 4.79 Å². The van der Waals surface area contributed by atoms with Gasteiger partial charge in [-0.15, -0.1) is 0 Å². The summed E-state index contributed by atoms with van der Waals surface area (Å²) < 4.78 is 5.06. The second-order valence-electron chi connectivity index (χ2n) is 4.72. The number of nitrogens with one attached hydrogen (secondary N) is 2. The third kappa shape index (κ3) is 4.80. The minimum atomic E-state index is -0.626. The van der Waals surface area contributed by atoms with Crippen molar-refractivity contribution in [1.29, 1.82) is 5.26 Å². The predicted octanol–water partition coefficient (Wildman–Crippen LogP) is 5.11. The van der Waals surface area contributed by atoms with Crippen molar-refractivity contribution in [3.63, 3.8) is 0 Å². The summed E-state index contributed by atoms with van der Waals surface area (Å²) in [5, 5.41) is 15.5. The summed E-state index contributed by atoms with van der Waals surface area (Å²) >= 11 is 17.9. The first kappa shape index (κ1) is 18.9. The molecule has 0 radical (unpaired) electrons. The molecule has 2 aromatic rings. The Balaban J connectivity index is 2.14. The van der Waals surface area contributed by atoms with Crippen LogP contribution in [0.4, 0.5) is 11.4 Å². The lowest BCUT2D eigenvalue weighted by molar-refractivity contribution is -0.112. The summed E-state index contributed by atoms with van der Waals surface area (Å²) in [6.45, 7) is 0. The quantitative estimate of drug-likeness (QED) is 0.544. The van der Waals surface area contributed by atoms with E-state index >= 15 is 0 Å². The monoisotopic (exact) mass is 395 g/mol. The van der Waals surface area contributed by atoms with E-state index in [9.17, 15) is 10.1 Å². The second-order valence-corrected chi connectivity index (χ2v) is 5.91. The van der Waals surface area contributed by atoms with E-state index in [1.807, 2.05) is 6.07 Å². The van der Waals surface area contributed by atoms with E-state index in [-0.39, 0.29) is 10.6 Å². The molecule has 0 bridgehead atoms. The molecule has 2 rings (SSSR count). The van der Waals surface area contributed by atoms with Crippen molar-refractivity contribution < 1.29 is 9.53 Å². The fourth-order valence-corrected chi connectivity index (χ4v) is 2.46. The lowest BCUT2D eigenvalue weighted by Gasteiger charge is -2.08. The van der Waals surface area contributed by atoms with Crippen LogP contribution in [0.15, 0.2) is 48.2 Å². The van der Waals surface area contributed by atoms with E-state index in [0.29, 0.717) is 27.2 Å². The molecule has 0 saturated carbocycles. The standard InChI is InChI=1S/C17H12Cl3N3O2/c1-25-15-6-5-11(7-13(15)19)22-9-10(8-21)17(24)23-14-4-2-3-12(18)16(14)20/h2-7,9,22H,1H3,(H,23,24)/b10-9-. The van der Waals surface area contributed by atoms with E-state index in [1.54, 1.807) is 36.4 Å². The van der Waals surface area contributed by atoms with Crippen molar-refractivity contribution in [3.8, 4) is 11.8 Å². The molecule has 8 heteroatoms. The average molecular weight is 397 g/mol. The highest BCUT2D eigenvalue weighted by Crippen LogP contribution is 2.30. The molecule has 2 aromatic carbocycles. The van der Waals surface area contributed by atoms with Gasteiger partial charge in [0.15, 0.2) is 0 Å². The highest BCUT2D eigenvalue weighted by atomic mass is 35.5. The lowest BCUT2D eigenvalue weighted by atomic mass is 10.2. The number of methoxy groups -OCH3 is 1. The molecule has 0 saturated heterocycles. The zero-order valence-corrected chi connectivity index (χ0v) is 15.2. The van der Waals surface area contributed by atoms with Gasteiger partial charge in [0.05, 0.1) is 27.9 Å². The van der Waals surface area contributed by atoms with Gasteiger partial charge < -0.3 is 15.4 Å². The van der Waals surface area contributed by atoms with Crippen molar-refractivity contribution in [2.75, 3.05) is 17.7 Å². The maximum Gasteiger partial charge on any atom is 0.267 e. The smallest absolute Gasteiger partial charge is 0.267 e. The molecule has 0 unspecified atom stereocenters. The molecule has 1 amide bonds. The van der Waals surface area contributed by atoms with Crippen molar-refractivity contribution in [3.05, 3.63) is 63.2 Å². The number of rotatable bonds is 5. The molecule has 0 aliphatic carbocycles. The summed E-state index contributed by atoms with van der Waals surface area (Å²) in [7, 11) is 1.51. The first-order chi connectivity index (χ1) is 12.0. The summed E-state index contributed by atoms with van der Waals surface area (Å²) in [4.78, 5) is 12.2. The number of amides is 1. The van der Waals surface area contributed by atoms with E-state index in [0.717, 1.165) is 0 Å². The third-order valence-electron chi connectivity index (χ3n) is 3.10. The largest absolute Gasteiger partial charge is 0.495 e. The number of carbonyl (C=O) groups is 1. The number of carbonyl (C=O) groups excluding carboxylic acids is 1. The zero-order valence-electron chi connectivity index (χ0n) is 12.9. The summed E-state index contributed by atoms with van der Waals surface area (Å²) in [6, 6.07) is 11.6. The highest BCUT2D eigenvalue weighted by Gasteiger charge is 2.12. The highest BCUT2D eigenvalue weighted by molar-refractivity contribution is 6.44. The van der Waals surface area contributed by atoms with Crippen LogP contribution in [0.5, 0.6) is 5.75 Å². The molecule has 128 valence electrons. The van der Waals surface area contributed by atoms with Crippen LogP contribution >= 0.6 is 34.8 Å². The van der Waals surface area contributed by atoms with Crippen LogP contribution in [0.25, 0.3) is 0 Å². The summed E-state index contributed by atoms with van der Waals surface area (Å²) in [5.41, 5.74) is 0.753. The fourth-order valence-electron chi connectivity index (χ4n) is 1.85. The average Bonchev–Trinajstić information content (AvgIpc) is 2.59. The maximum absolute atomic E-state index is 12.2. The van der Waals surface area contributed by atoms with Crippen LogP contribution in [0.1, 0.15) is 0 Å². The number of nitrogens with zero attached hydrogens (tertiary/aromatic N) is 1. The molecule has 0 aliphatic rings. The third-order valence-corrected chi connectivity index (χ3v) is 4.21. The van der Waals surface area contributed by atoms with E-state index in [4.69, 9.17) is 39.5 Å². The van der Waals surface area contributed by atoms with E-state index < -0.39 is 5.91 Å². The van der Waals surface area contributed by atoms with Gasteiger partial charge >= 0.3 is 0 Å². The second kappa shape index (κ2) is 8.63. The van der Waals surface area contributed by atoms with Crippen LogP contribution in [0, 0.1) is 11.3 Å². The molecule has 25 heavy (non-hydrogen) atoms. The maximum atomic E-state index is 12.2. The van der Waals surface area contributed by atoms with Crippen molar-refractivity contribution in [1.82, 2.24) is 0 Å². The van der Waals surface area contributed by atoms with Crippen LogP contribution < -0.4 is 15.4 Å². The number of ether oxygens (including phenoxy) is 1. The zero-order chi connectivity index (χ0) is 18.4. The SMILES string of the molecule is COc1ccc(N/C=C(/C#N)C(=O)Nc2cccc(Cl)c2Cl)cc1Cl. The number of benzene rings is 2. The topological polar surface area (TPSA) is 74.1 Å². The number of hydrogen-bond acceptors (Lipinski definition) is 4. The fraction of sp³-hybridized carbons (Fsp3) is 0.0588. The number of anilines is 2. The molecular formula is C17H12Cl3N3O2. The van der Waals surface area contributed by atoms with Gasteiger partial charge in [0, 0.05) is 11.9 Å². The van der Waals surface area contributed by atoms with Gasteiger partial charge in [-0.25, -0.2) is 0 Å². The van der Waals surface area contributed by atoms with Gasteiger partial charge in [0.25, 0.3) is 5.91 Å². The molecule has 0 aliphatic heterocycles. The van der Waals surface area contributed by atoms with Crippen LogP contribution in [-0.4, -0.2) is 13.0 Å². The minimum absolute atomic E-state index is 0.150. The van der Waals surface area contributed by atoms with Crippen LogP contribution in [0.2, 0.25) is 15.1 Å². The van der Waals surface area contributed by atoms with E-state index in [1.165, 1.54) is 13.3 Å². The van der Waals surface area contributed by atoms with Crippen LogP contribution in [0.3, 0.4) is 0 Å². The molecule has 0 fully saturated rings. The normalized spacial score (nSPS) is 10.8. The number of nitriles is 1. The Labute approximate surface area is 159 Å². The summed E-state index contributed by atoms with van der Waals surface area (Å²) in [6.07, 6.45) is 1.27. The summed E-state index contributed by atoms with van der Waals surface area (Å²) in [5.74, 6) is -0.108. The Hall–Kier alpha value is -2.39. The predicted molar refractivity (Wildman–Crippen MR) is 100 cm³/mol. The minimum Gasteiger partial charge on any atom is -0.495 e. The molecular weight excluding hydrogens is 385 g/mol. The van der Waals surface area contributed by atoms with Gasteiger partial charge in [-0.3, -0.25) is 4.79 Å².